The molecule has 0 unspecified atom stereocenters. The third kappa shape index (κ3) is 1.41. The number of aliphatic hydroxyl groups excluding tert-OH is 1. The Morgan fingerprint density at radius 1 is 1.00 bits per heavy atom. The van der Waals surface area contributed by atoms with E-state index in [1.165, 1.54) is 14.1 Å². The zero-order chi connectivity index (χ0) is 10.9. The third-order valence-electron chi connectivity index (χ3n) is 1.93. The molecule has 1 aromatic rings. The van der Waals surface area contributed by atoms with Crippen molar-refractivity contribution in [2.45, 2.75) is 6.54 Å². The smallest absolute Gasteiger partial charge is 0.336 e. The van der Waals surface area contributed by atoms with Gasteiger partial charge in [-0.3, -0.25) is 0 Å². The van der Waals surface area contributed by atoms with Crippen molar-refractivity contribution < 1.29 is 5.11 Å². The minimum Gasteiger partial charge on any atom is -0.395 e. The molecule has 1 aromatic heterocycles. The van der Waals surface area contributed by atoms with Gasteiger partial charge in [-0.1, -0.05) is 0 Å². The number of nitrogens with zero attached hydrogens (tertiary/aromatic N) is 3. The first-order chi connectivity index (χ1) is 6.50. The van der Waals surface area contributed by atoms with Crippen LogP contribution in [0.5, 0.6) is 0 Å². The molecule has 0 fully saturated rings. The lowest BCUT2D eigenvalue weighted by molar-refractivity contribution is 0.266. The van der Waals surface area contributed by atoms with Crippen LogP contribution in [0.25, 0.3) is 0 Å². The number of hydrogen-bond donors (Lipinski definition) is 1. The van der Waals surface area contributed by atoms with Crippen LogP contribution < -0.4 is 17.1 Å². The van der Waals surface area contributed by atoms with Gasteiger partial charge in [-0.2, -0.15) is 0 Å². The quantitative estimate of drug-likeness (QED) is 0.561. The van der Waals surface area contributed by atoms with Crippen molar-refractivity contribution in [3.8, 4) is 0 Å². The topological polar surface area (TPSA) is 86.2 Å². The molecule has 78 valence electrons. The van der Waals surface area contributed by atoms with Crippen LogP contribution in [0.1, 0.15) is 0 Å². The van der Waals surface area contributed by atoms with E-state index in [9.17, 15) is 14.4 Å². The minimum atomic E-state index is -0.716. The summed E-state index contributed by atoms with van der Waals surface area (Å²) in [5, 5.41) is 8.62. The van der Waals surface area contributed by atoms with E-state index in [0.29, 0.717) is 0 Å². The van der Waals surface area contributed by atoms with Crippen molar-refractivity contribution in [3.05, 3.63) is 31.5 Å². The second-order valence-corrected chi connectivity index (χ2v) is 2.84. The SMILES string of the molecule is Cn1c(=O)n(C)c(=O)n(CCO)c1=O. The maximum Gasteiger partial charge on any atom is 0.336 e. The van der Waals surface area contributed by atoms with Gasteiger partial charge >= 0.3 is 17.1 Å². The molecular weight excluding hydrogens is 190 g/mol. The fraction of sp³-hybridized carbons (Fsp3) is 0.571. The van der Waals surface area contributed by atoms with Crippen LogP contribution in [0.2, 0.25) is 0 Å². The Balaban J connectivity index is 3.70. The standard InChI is InChI=1S/C7H11N3O4/c1-8-5(12)9(2)7(14)10(3-4-11)6(8)13/h11H,3-4H2,1-2H3. The van der Waals surface area contributed by atoms with Crippen LogP contribution in [0.3, 0.4) is 0 Å². The van der Waals surface area contributed by atoms with Crippen LogP contribution >= 0.6 is 0 Å². The average molecular weight is 201 g/mol. The molecule has 0 aromatic carbocycles. The molecule has 0 spiro atoms. The summed E-state index contributed by atoms with van der Waals surface area (Å²) in [5.41, 5.74) is -2.10. The summed E-state index contributed by atoms with van der Waals surface area (Å²) in [5.74, 6) is 0. The van der Waals surface area contributed by atoms with E-state index in [1.54, 1.807) is 0 Å². The van der Waals surface area contributed by atoms with Crippen molar-refractivity contribution in [3.63, 3.8) is 0 Å². The number of aromatic nitrogens is 3. The van der Waals surface area contributed by atoms with E-state index in [4.69, 9.17) is 5.11 Å². The normalized spacial score (nSPS) is 10.5. The predicted molar refractivity (Wildman–Crippen MR) is 48.3 cm³/mol. The molecule has 1 rings (SSSR count). The Kier molecular flexibility index (Phi) is 2.70. The second kappa shape index (κ2) is 3.62. The molecule has 7 nitrogen and oxygen atoms in total. The predicted octanol–water partition coefficient (Wildman–Crippen LogP) is -2.76. The first kappa shape index (κ1) is 10.5. The van der Waals surface area contributed by atoms with Crippen molar-refractivity contribution in [2.75, 3.05) is 6.61 Å². The number of aliphatic hydroxyl groups is 1. The highest BCUT2D eigenvalue weighted by Gasteiger charge is 2.08. The van der Waals surface area contributed by atoms with Gasteiger partial charge in [0.2, 0.25) is 0 Å². The lowest BCUT2D eigenvalue weighted by Crippen LogP contribution is -2.53. The molecule has 0 atom stereocenters. The summed E-state index contributed by atoms with van der Waals surface area (Å²) in [7, 11) is 2.55. The van der Waals surface area contributed by atoms with E-state index in [0.717, 1.165) is 13.7 Å². The van der Waals surface area contributed by atoms with E-state index < -0.39 is 17.1 Å². The highest BCUT2D eigenvalue weighted by Crippen LogP contribution is 1.68. The molecule has 0 aliphatic rings. The summed E-state index contributed by atoms with van der Waals surface area (Å²) < 4.78 is 2.44. The lowest BCUT2D eigenvalue weighted by Gasteiger charge is -2.06. The molecule has 7 heteroatoms. The van der Waals surface area contributed by atoms with Crippen LogP contribution in [0, 0.1) is 0 Å². The van der Waals surface area contributed by atoms with E-state index in [1.807, 2.05) is 0 Å². The number of rotatable bonds is 2. The van der Waals surface area contributed by atoms with Gasteiger partial charge in [-0.05, 0) is 0 Å². The summed E-state index contributed by atoms with van der Waals surface area (Å²) in [6.45, 7) is -0.438. The Hall–Kier alpha value is -1.63. The summed E-state index contributed by atoms with van der Waals surface area (Å²) >= 11 is 0. The summed E-state index contributed by atoms with van der Waals surface area (Å²) in [4.78, 5) is 33.9. The second-order valence-electron chi connectivity index (χ2n) is 2.84. The first-order valence-electron chi connectivity index (χ1n) is 3.98. The molecule has 0 bridgehead atoms. The zero-order valence-corrected chi connectivity index (χ0v) is 7.93. The van der Waals surface area contributed by atoms with Crippen molar-refractivity contribution in [2.24, 2.45) is 14.1 Å². The first-order valence-corrected chi connectivity index (χ1v) is 3.98. The Morgan fingerprint density at radius 3 is 1.79 bits per heavy atom. The fourth-order valence-corrected chi connectivity index (χ4v) is 1.12. The number of hydrogen-bond acceptors (Lipinski definition) is 4. The molecule has 0 aliphatic carbocycles. The maximum absolute atomic E-state index is 11.4. The van der Waals surface area contributed by atoms with Gasteiger partial charge in [0, 0.05) is 14.1 Å². The van der Waals surface area contributed by atoms with Crippen molar-refractivity contribution >= 4 is 0 Å². The maximum atomic E-state index is 11.4. The molecule has 0 radical (unpaired) electrons. The van der Waals surface area contributed by atoms with Crippen LogP contribution in [-0.2, 0) is 20.6 Å². The van der Waals surface area contributed by atoms with Crippen LogP contribution in [0.15, 0.2) is 14.4 Å². The van der Waals surface area contributed by atoms with E-state index in [-0.39, 0.29) is 13.2 Å². The van der Waals surface area contributed by atoms with E-state index >= 15 is 0 Å². The monoisotopic (exact) mass is 201 g/mol. The molecule has 0 aliphatic heterocycles. The molecule has 14 heavy (non-hydrogen) atoms. The molecule has 1 N–H and O–H groups in total. The molecule has 0 saturated carbocycles. The largest absolute Gasteiger partial charge is 0.395 e. The van der Waals surface area contributed by atoms with Gasteiger partial charge in [0.1, 0.15) is 0 Å². The molecule has 0 amide bonds. The third-order valence-corrected chi connectivity index (χ3v) is 1.93. The average Bonchev–Trinajstić information content (AvgIpc) is 2.19. The fourth-order valence-electron chi connectivity index (χ4n) is 1.12. The van der Waals surface area contributed by atoms with Crippen molar-refractivity contribution in [1.29, 1.82) is 0 Å². The Bertz CT molecular complexity index is 467. The Morgan fingerprint density at radius 2 is 1.43 bits per heavy atom. The lowest BCUT2D eigenvalue weighted by atomic mass is 10.6. The van der Waals surface area contributed by atoms with Gasteiger partial charge < -0.3 is 5.11 Å². The van der Waals surface area contributed by atoms with Gasteiger partial charge in [-0.25, -0.2) is 28.1 Å². The zero-order valence-electron chi connectivity index (χ0n) is 7.93. The van der Waals surface area contributed by atoms with Crippen LogP contribution in [-0.4, -0.2) is 25.4 Å². The van der Waals surface area contributed by atoms with Gasteiger partial charge in [0.15, 0.2) is 0 Å². The van der Waals surface area contributed by atoms with Gasteiger partial charge in [0.25, 0.3) is 0 Å². The van der Waals surface area contributed by atoms with Gasteiger partial charge in [0.05, 0.1) is 13.2 Å². The van der Waals surface area contributed by atoms with E-state index in [2.05, 4.69) is 0 Å². The summed E-state index contributed by atoms with van der Waals surface area (Å²) in [6, 6.07) is 0. The van der Waals surface area contributed by atoms with Crippen LogP contribution in [0.4, 0.5) is 0 Å². The Labute approximate surface area is 78.5 Å². The molecule has 0 saturated heterocycles. The van der Waals surface area contributed by atoms with Gasteiger partial charge in [-0.15, -0.1) is 0 Å². The summed E-state index contributed by atoms with van der Waals surface area (Å²) in [6.07, 6.45) is 0. The minimum absolute atomic E-state index is 0.111. The highest BCUT2D eigenvalue weighted by atomic mass is 16.3. The molecular formula is C7H11N3O4. The van der Waals surface area contributed by atoms with Crippen molar-refractivity contribution in [1.82, 2.24) is 13.7 Å². The molecule has 1 heterocycles. The highest BCUT2D eigenvalue weighted by molar-refractivity contribution is 4.75.